The van der Waals surface area contributed by atoms with Gasteiger partial charge in [-0.25, -0.2) is 8.78 Å². The zero-order chi connectivity index (χ0) is 14.9. The van der Waals surface area contributed by atoms with Crippen LogP contribution in [0.3, 0.4) is 0 Å². The summed E-state index contributed by atoms with van der Waals surface area (Å²) in [5, 5.41) is 2.53. The van der Waals surface area contributed by atoms with Gasteiger partial charge >= 0.3 is 0 Å². The molecule has 20 heavy (non-hydrogen) atoms. The van der Waals surface area contributed by atoms with Crippen LogP contribution in [-0.4, -0.2) is 5.91 Å². The van der Waals surface area contributed by atoms with Crippen LogP contribution in [0.15, 0.2) is 30.3 Å². The largest absolute Gasteiger partial charge is 0.397 e. The lowest BCUT2D eigenvalue weighted by Gasteiger charge is -2.13. The lowest BCUT2D eigenvalue weighted by atomic mass is 10.1. The number of nitrogen functional groups attached to an aromatic ring is 1. The van der Waals surface area contributed by atoms with Gasteiger partial charge in [0.1, 0.15) is 0 Å². The third-order valence-corrected chi connectivity index (χ3v) is 3.20. The summed E-state index contributed by atoms with van der Waals surface area (Å²) < 4.78 is 26.7. The van der Waals surface area contributed by atoms with E-state index in [-0.39, 0.29) is 5.56 Å². The minimum absolute atomic E-state index is 0.356. The second kappa shape index (κ2) is 5.28. The number of hydrogen-bond donors (Lipinski definition) is 2. The van der Waals surface area contributed by atoms with E-state index in [0.717, 1.165) is 17.2 Å². The molecule has 3 nitrogen and oxygen atoms in total. The first-order chi connectivity index (χ1) is 9.41. The van der Waals surface area contributed by atoms with Crippen LogP contribution in [0.25, 0.3) is 0 Å². The molecule has 0 unspecified atom stereocenters. The third kappa shape index (κ3) is 2.47. The number of benzene rings is 2. The van der Waals surface area contributed by atoms with Crippen molar-refractivity contribution in [2.75, 3.05) is 11.1 Å². The summed E-state index contributed by atoms with van der Waals surface area (Å²) >= 11 is 0. The van der Waals surface area contributed by atoms with Crippen LogP contribution in [0.2, 0.25) is 0 Å². The zero-order valence-corrected chi connectivity index (χ0v) is 11.1. The quantitative estimate of drug-likeness (QED) is 0.826. The van der Waals surface area contributed by atoms with E-state index in [9.17, 15) is 13.6 Å². The Hall–Kier alpha value is -2.43. The number of carbonyl (C=O) groups is 1. The number of rotatable bonds is 2. The van der Waals surface area contributed by atoms with E-state index in [4.69, 9.17) is 5.73 Å². The van der Waals surface area contributed by atoms with Crippen molar-refractivity contribution >= 4 is 17.3 Å². The molecule has 0 aliphatic heterocycles. The maximum absolute atomic E-state index is 13.6. The number of carbonyl (C=O) groups excluding carboxylic acids is 1. The number of nitrogens with two attached hydrogens (primary N) is 1. The molecule has 0 spiro atoms. The summed E-state index contributed by atoms with van der Waals surface area (Å²) in [4.78, 5) is 12.0. The summed E-state index contributed by atoms with van der Waals surface area (Å²) in [6.07, 6.45) is 0. The van der Waals surface area contributed by atoms with Crippen LogP contribution in [0.5, 0.6) is 0 Å². The third-order valence-electron chi connectivity index (χ3n) is 3.20. The fraction of sp³-hybridized carbons (Fsp3) is 0.133. The molecule has 0 aliphatic carbocycles. The summed E-state index contributed by atoms with van der Waals surface area (Å²) in [6.45, 7) is 3.66. The Balaban J connectivity index is 2.38. The molecule has 0 aliphatic rings. The van der Waals surface area contributed by atoms with Crippen molar-refractivity contribution in [3.05, 3.63) is 58.7 Å². The first kappa shape index (κ1) is 14.0. The normalized spacial score (nSPS) is 10.4. The van der Waals surface area contributed by atoms with Crippen molar-refractivity contribution < 1.29 is 13.6 Å². The average Bonchev–Trinajstić information content (AvgIpc) is 2.42. The number of anilines is 2. The highest BCUT2D eigenvalue weighted by atomic mass is 19.2. The summed E-state index contributed by atoms with van der Waals surface area (Å²) in [5.74, 6) is -2.97. The molecule has 3 N–H and O–H groups in total. The van der Waals surface area contributed by atoms with Crippen LogP contribution in [0, 0.1) is 25.5 Å². The Bertz CT molecular complexity index is 684. The average molecular weight is 276 g/mol. The van der Waals surface area contributed by atoms with Crippen molar-refractivity contribution in [2.45, 2.75) is 13.8 Å². The predicted molar refractivity (Wildman–Crippen MR) is 74.6 cm³/mol. The van der Waals surface area contributed by atoms with Crippen LogP contribution in [0.1, 0.15) is 21.5 Å². The maximum Gasteiger partial charge on any atom is 0.258 e. The van der Waals surface area contributed by atoms with E-state index < -0.39 is 17.5 Å². The van der Waals surface area contributed by atoms with Crippen LogP contribution in [0.4, 0.5) is 20.2 Å². The molecule has 2 rings (SSSR count). The van der Waals surface area contributed by atoms with E-state index in [0.29, 0.717) is 11.4 Å². The first-order valence-corrected chi connectivity index (χ1v) is 6.03. The Kier molecular flexibility index (Phi) is 3.70. The molecular formula is C15H14F2N2O. The first-order valence-electron chi connectivity index (χ1n) is 6.03. The SMILES string of the molecule is Cc1ccc(N)c(NC(=O)c2cccc(F)c2F)c1C. The molecule has 0 saturated carbocycles. The molecule has 0 atom stereocenters. The number of nitrogens with one attached hydrogen (secondary N) is 1. The summed E-state index contributed by atoms with van der Waals surface area (Å²) in [7, 11) is 0. The van der Waals surface area contributed by atoms with Gasteiger partial charge in [0.25, 0.3) is 5.91 Å². The van der Waals surface area contributed by atoms with Gasteiger partial charge in [-0.15, -0.1) is 0 Å². The fourth-order valence-electron chi connectivity index (χ4n) is 1.86. The van der Waals surface area contributed by atoms with E-state index >= 15 is 0 Å². The van der Waals surface area contributed by atoms with Gasteiger partial charge in [-0.1, -0.05) is 12.1 Å². The van der Waals surface area contributed by atoms with Gasteiger partial charge in [0.15, 0.2) is 11.6 Å². The van der Waals surface area contributed by atoms with Crippen molar-refractivity contribution in [1.29, 1.82) is 0 Å². The molecule has 0 fully saturated rings. The van der Waals surface area contributed by atoms with E-state index in [1.807, 2.05) is 13.0 Å². The number of aryl methyl sites for hydroxylation is 1. The lowest BCUT2D eigenvalue weighted by molar-refractivity contribution is 0.102. The summed E-state index contributed by atoms with van der Waals surface area (Å²) in [6, 6.07) is 6.93. The Morgan fingerprint density at radius 3 is 2.55 bits per heavy atom. The topological polar surface area (TPSA) is 55.1 Å². The molecule has 104 valence electrons. The van der Waals surface area contributed by atoms with Gasteiger partial charge in [-0.2, -0.15) is 0 Å². The van der Waals surface area contributed by atoms with Crippen molar-refractivity contribution in [2.24, 2.45) is 0 Å². The van der Waals surface area contributed by atoms with Crippen LogP contribution < -0.4 is 11.1 Å². The molecule has 5 heteroatoms. The van der Waals surface area contributed by atoms with Crippen molar-refractivity contribution in [3.63, 3.8) is 0 Å². The zero-order valence-electron chi connectivity index (χ0n) is 11.1. The highest BCUT2D eigenvalue weighted by molar-refractivity contribution is 6.06. The number of amides is 1. The second-order valence-corrected chi connectivity index (χ2v) is 4.53. The van der Waals surface area contributed by atoms with E-state index in [1.165, 1.54) is 12.1 Å². The van der Waals surface area contributed by atoms with Gasteiger partial charge in [0, 0.05) is 0 Å². The highest BCUT2D eigenvalue weighted by Crippen LogP contribution is 2.26. The van der Waals surface area contributed by atoms with E-state index in [2.05, 4.69) is 5.32 Å². The Morgan fingerprint density at radius 2 is 1.85 bits per heavy atom. The minimum Gasteiger partial charge on any atom is -0.397 e. The standard InChI is InChI=1S/C15H14F2N2O/c1-8-6-7-12(18)14(9(8)2)19-15(20)10-4-3-5-11(16)13(10)17/h3-7H,18H2,1-2H3,(H,19,20). The molecule has 2 aromatic rings. The van der Waals surface area contributed by atoms with Crippen LogP contribution >= 0.6 is 0 Å². The number of halogens is 2. The summed E-state index contributed by atoms with van der Waals surface area (Å²) in [5.41, 5.74) is 7.96. The van der Waals surface area contributed by atoms with Gasteiger partial charge in [0.2, 0.25) is 0 Å². The smallest absolute Gasteiger partial charge is 0.258 e. The van der Waals surface area contributed by atoms with E-state index in [1.54, 1.807) is 13.0 Å². The van der Waals surface area contributed by atoms with Gasteiger partial charge in [0.05, 0.1) is 16.9 Å². The van der Waals surface area contributed by atoms with Gasteiger partial charge < -0.3 is 11.1 Å². The molecule has 2 aromatic carbocycles. The van der Waals surface area contributed by atoms with Crippen LogP contribution in [-0.2, 0) is 0 Å². The Morgan fingerprint density at radius 1 is 1.15 bits per heavy atom. The van der Waals surface area contributed by atoms with Crippen molar-refractivity contribution in [3.8, 4) is 0 Å². The minimum atomic E-state index is -1.17. The molecule has 0 bridgehead atoms. The van der Waals surface area contributed by atoms with Gasteiger partial charge in [-0.3, -0.25) is 4.79 Å². The maximum atomic E-state index is 13.6. The Labute approximate surface area is 115 Å². The lowest BCUT2D eigenvalue weighted by Crippen LogP contribution is -2.16. The fourth-order valence-corrected chi connectivity index (χ4v) is 1.86. The molecule has 0 aromatic heterocycles. The molecule has 1 amide bonds. The number of hydrogen-bond acceptors (Lipinski definition) is 2. The van der Waals surface area contributed by atoms with Crippen molar-refractivity contribution in [1.82, 2.24) is 0 Å². The highest BCUT2D eigenvalue weighted by Gasteiger charge is 2.17. The van der Waals surface area contributed by atoms with Gasteiger partial charge in [-0.05, 0) is 43.2 Å². The molecular weight excluding hydrogens is 262 g/mol. The molecule has 0 saturated heterocycles. The predicted octanol–water partition coefficient (Wildman–Crippen LogP) is 3.42. The monoisotopic (exact) mass is 276 g/mol. The second-order valence-electron chi connectivity index (χ2n) is 4.53. The molecule has 0 radical (unpaired) electrons. The molecule has 0 heterocycles.